The first-order valence-electron chi connectivity index (χ1n) is 8.91. The highest BCUT2D eigenvalue weighted by Gasteiger charge is 2.36. The smallest absolute Gasteiger partial charge is 0.328 e. The van der Waals surface area contributed by atoms with E-state index < -0.39 is 6.04 Å². The fourth-order valence-electron chi connectivity index (χ4n) is 3.63. The Bertz CT molecular complexity index is 698. The van der Waals surface area contributed by atoms with Crippen LogP contribution in [0.25, 0.3) is 0 Å². The number of carbonyl (C=O) groups excluding carboxylic acids is 3. The van der Waals surface area contributed by atoms with Crippen molar-refractivity contribution < 1.29 is 19.1 Å². The van der Waals surface area contributed by atoms with E-state index in [0.717, 1.165) is 11.1 Å². The molecule has 0 radical (unpaired) electrons. The van der Waals surface area contributed by atoms with Gasteiger partial charge in [0.1, 0.15) is 6.04 Å². The van der Waals surface area contributed by atoms with Crippen LogP contribution in [0.2, 0.25) is 0 Å². The summed E-state index contributed by atoms with van der Waals surface area (Å²) in [6.45, 7) is 4.82. The molecular weight excluding hydrogens is 334 g/mol. The Morgan fingerprint density at radius 1 is 1.08 bits per heavy atom. The first-order chi connectivity index (χ1) is 12.5. The lowest BCUT2D eigenvalue weighted by molar-refractivity contribution is -0.154. The van der Waals surface area contributed by atoms with Crippen LogP contribution in [0.4, 0.5) is 0 Å². The van der Waals surface area contributed by atoms with E-state index in [1.165, 1.54) is 7.11 Å². The van der Waals surface area contributed by atoms with Gasteiger partial charge in [-0.3, -0.25) is 14.5 Å². The van der Waals surface area contributed by atoms with Crippen LogP contribution in [0.5, 0.6) is 0 Å². The molecule has 140 valence electrons. The minimum Gasteiger partial charge on any atom is -0.467 e. The fourth-order valence-corrected chi connectivity index (χ4v) is 3.63. The number of piperazine rings is 1. The standard InChI is InChI=1S/C19H25N3O4/c1-14(23)21-9-7-20(8-10-21)13-18(24)22-12-16-6-4-3-5-15(16)11-17(22)19(25)26-2/h3-6,17H,7-13H2,1-2H3/t17-/m0/s1. The molecule has 0 aromatic heterocycles. The van der Waals surface area contributed by atoms with Crippen LogP contribution in [0.1, 0.15) is 18.1 Å². The number of nitrogens with zero attached hydrogens (tertiary/aromatic N) is 3. The predicted molar refractivity (Wildman–Crippen MR) is 95.2 cm³/mol. The maximum atomic E-state index is 12.9. The Labute approximate surface area is 153 Å². The maximum Gasteiger partial charge on any atom is 0.328 e. The van der Waals surface area contributed by atoms with Crippen molar-refractivity contribution in [2.45, 2.75) is 25.9 Å². The van der Waals surface area contributed by atoms with Gasteiger partial charge in [0.05, 0.1) is 13.7 Å². The Kier molecular flexibility index (Phi) is 5.56. The quantitative estimate of drug-likeness (QED) is 0.725. The van der Waals surface area contributed by atoms with Crippen LogP contribution in [0.15, 0.2) is 24.3 Å². The van der Waals surface area contributed by atoms with Crippen molar-refractivity contribution in [2.24, 2.45) is 0 Å². The number of fused-ring (bicyclic) bond motifs is 1. The molecule has 0 unspecified atom stereocenters. The van der Waals surface area contributed by atoms with Gasteiger partial charge in [0.25, 0.3) is 0 Å². The minimum atomic E-state index is -0.582. The van der Waals surface area contributed by atoms with E-state index in [4.69, 9.17) is 4.74 Å². The molecule has 0 spiro atoms. The summed E-state index contributed by atoms with van der Waals surface area (Å²) >= 11 is 0. The molecule has 1 atom stereocenters. The Balaban J connectivity index is 1.68. The molecule has 1 fully saturated rings. The predicted octanol–water partition coefficient (Wildman–Crippen LogP) is 0.277. The lowest BCUT2D eigenvalue weighted by atomic mass is 9.94. The molecule has 0 aliphatic carbocycles. The van der Waals surface area contributed by atoms with Crippen molar-refractivity contribution in [3.63, 3.8) is 0 Å². The zero-order chi connectivity index (χ0) is 18.7. The van der Waals surface area contributed by atoms with Crippen molar-refractivity contribution in [3.05, 3.63) is 35.4 Å². The third kappa shape index (κ3) is 3.88. The van der Waals surface area contributed by atoms with Crippen LogP contribution in [0.3, 0.4) is 0 Å². The highest BCUT2D eigenvalue weighted by atomic mass is 16.5. The van der Waals surface area contributed by atoms with E-state index in [1.807, 2.05) is 29.2 Å². The second kappa shape index (κ2) is 7.86. The highest BCUT2D eigenvalue weighted by Crippen LogP contribution is 2.24. The van der Waals surface area contributed by atoms with Gasteiger partial charge in [0.15, 0.2) is 0 Å². The number of esters is 1. The van der Waals surface area contributed by atoms with Crippen molar-refractivity contribution in [1.82, 2.24) is 14.7 Å². The summed E-state index contributed by atoms with van der Waals surface area (Å²) < 4.78 is 4.92. The van der Waals surface area contributed by atoms with Gasteiger partial charge in [0.2, 0.25) is 11.8 Å². The zero-order valence-corrected chi connectivity index (χ0v) is 15.3. The molecule has 26 heavy (non-hydrogen) atoms. The van der Waals surface area contributed by atoms with Gasteiger partial charge < -0.3 is 14.5 Å². The highest BCUT2D eigenvalue weighted by molar-refractivity contribution is 5.86. The van der Waals surface area contributed by atoms with E-state index in [1.54, 1.807) is 16.7 Å². The number of amides is 2. The van der Waals surface area contributed by atoms with Crippen LogP contribution in [0, 0.1) is 0 Å². The zero-order valence-electron chi connectivity index (χ0n) is 15.3. The van der Waals surface area contributed by atoms with Crippen molar-refractivity contribution in [2.75, 3.05) is 39.8 Å². The maximum absolute atomic E-state index is 12.9. The number of carbonyl (C=O) groups is 3. The van der Waals surface area contributed by atoms with Crippen LogP contribution < -0.4 is 0 Å². The molecule has 0 bridgehead atoms. The third-order valence-corrected chi connectivity index (χ3v) is 5.22. The van der Waals surface area contributed by atoms with Crippen LogP contribution in [-0.4, -0.2) is 78.4 Å². The van der Waals surface area contributed by atoms with Crippen molar-refractivity contribution in [1.29, 1.82) is 0 Å². The van der Waals surface area contributed by atoms with Crippen LogP contribution >= 0.6 is 0 Å². The number of benzene rings is 1. The second-order valence-electron chi connectivity index (χ2n) is 6.82. The monoisotopic (exact) mass is 359 g/mol. The normalized spacial score (nSPS) is 20.5. The second-order valence-corrected chi connectivity index (χ2v) is 6.82. The summed E-state index contributed by atoms with van der Waals surface area (Å²) in [5, 5.41) is 0. The van der Waals surface area contributed by atoms with E-state index in [-0.39, 0.29) is 24.3 Å². The largest absolute Gasteiger partial charge is 0.467 e. The molecule has 2 heterocycles. The molecule has 2 amide bonds. The molecule has 0 N–H and O–H groups in total. The summed E-state index contributed by atoms with van der Waals surface area (Å²) in [5.41, 5.74) is 2.16. The first kappa shape index (κ1) is 18.4. The minimum absolute atomic E-state index is 0.0642. The molecule has 0 saturated carbocycles. The van der Waals surface area contributed by atoms with Gasteiger partial charge >= 0.3 is 5.97 Å². The summed E-state index contributed by atoms with van der Waals surface area (Å²) in [4.78, 5) is 42.0. The Hall–Kier alpha value is -2.41. The van der Waals surface area contributed by atoms with E-state index >= 15 is 0 Å². The molecule has 7 heteroatoms. The topological polar surface area (TPSA) is 70.2 Å². The molecule has 2 aliphatic rings. The van der Waals surface area contributed by atoms with Gasteiger partial charge in [-0.25, -0.2) is 4.79 Å². The van der Waals surface area contributed by atoms with Gasteiger partial charge in [-0.1, -0.05) is 24.3 Å². The SMILES string of the molecule is COC(=O)[C@@H]1Cc2ccccc2CN1C(=O)CN1CCN(C(C)=O)CC1. The van der Waals surface area contributed by atoms with Gasteiger partial charge in [-0.2, -0.15) is 0 Å². The molecule has 1 saturated heterocycles. The molecule has 2 aliphatic heterocycles. The molecule has 3 rings (SSSR count). The average molecular weight is 359 g/mol. The van der Waals surface area contributed by atoms with Crippen molar-refractivity contribution >= 4 is 17.8 Å². The van der Waals surface area contributed by atoms with E-state index in [9.17, 15) is 14.4 Å². The van der Waals surface area contributed by atoms with E-state index in [0.29, 0.717) is 39.1 Å². The first-order valence-corrected chi connectivity index (χ1v) is 8.91. The number of hydrogen-bond acceptors (Lipinski definition) is 5. The van der Waals surface area contributed by atoms with Gasteiger partial charge in [-0.05, 0) is 11.1 Å². The average Bonchev–Trinajstić information content (AvgIpc) is 2.66. The Morgan fingerprint density at radius 2 is 1.73 bits per heavy atom. The van der Waals surface area contributed by atoms with Crippen LogP contribution in [-0.2, 0) is 32.1 Å². The van der Waals surface area contributed by atoms with Crippen molar-refractivity contribution in [3.8, 4) is 0 Å². The number of rotatable bonds is 3. The third-order valence-electron chi connectivity index (χ3n) is 5.22. The van der Waals surface area contributed by atoms with Gasteiger partial charge in [0, 0.05) is 46.1 Å². The summed E-state index contributed by atoms with van der Waals surface area (Å²) in [6.07, 6.45) is 0.479. The number of methoxy groups -OCH3 is 1. The summed E-state index contributed by atoms with van der Waals surface area (Å²) in [5.74, 6) is -0.394. The molecular formula is C19H25N3O4. The summed E-state index contributed by atoms with van der Waals surface area (Å²) in [7, 11) is 1.35. The van der Waals surface area contributed by atoms with E-state index in [2.05, 4.69) is 0 Å². The molecule has 1 aromatic carbocycles. The summed E-state index contributed by atoms with van der Waals surface area (Å²) in [6, 6.07) is 7.30. The van der Waals surface area contributed by atoms with Gasteiger partial charge in [-0.15, -0.1) is 0 Å². The molecule has 1 aromatic rings. The number of ether oxygens (including phenoxy) is 1. The Morgan fingerprint density at radius 3 is 2.35 bits per heavy atom. The lowest BCUT2D eigenvalue weighted by Crippen LogP contribution is -2.54. The lowest BCUT2D eigenvalue weighted by Gasteiger charge is -2.38. The molecule has 7 nitrogen and oxygen atoms in total. The fraction of sp³-hybridized carbons (Fsp3) is 0.526. The number of hydrogen-bond donors (Lipinski definition) is 0.